The average molecular weight is 312 g/mol. The predicted octanol–water partition coefficient (Wildman–Crippen LogP) is 3.03. The number of rotatable bonds is 3. The number of thiocarbonyl (C=S) groups is 1. The lowest BCUT2D eigenvalue weighted by atomic mass is 10.1. The highest BCUT2D eigenvalue weighted by Gasteiger charge is 2.09. The number of benzene rings is 1. The fourth-order valence-corrected chi connectivity index (χ4v) is 3.50. The van der Waals surface area contributed by atoms with Crippen LogP contribution < -0.4 is 5.73 Å². The van der Waals surface area contributed by atoms with Gasteiger partial charge in [-0.3, -0.25) is 4.40 Å². The number of nitrogens with zero attached hydrogens (tertiary/aromatic N) is 3. The highest BCUT2D eigenvalue weighted by atomic mass is 32.1. The molecule has 0 aliphatic rings. The lowest BCUT2D eigenvalue weighted by Crippen LogP contribution is -2.09. The number of fused-ring (bicyclic) bond motifs is 2. The third-order valence-corrected chi connectivity index (χ3v) is 4.55. The molecule has 6 heteroatoms. The van der Waals surface area contributed by atoms with E-state index in [0.717, 1.165) is 33.7 Å². The summed E-state index contributed by atoms with van der Waals surface area (Å²) in [6.45, 7) is 0.735. The molecule has 0 saturated carbocycles. The summed E-state index contributed by atoms with van der Waals surface area (Å²) in [6.07, 6.45) is 6.14. The Labute approximate surface area is 130 Å². The van der Waals surface area contributed by atoms with Gasteiger partial charge < -0.3 is 10.3 Å². The minimum atomic E-state index is 0.431. The summed E-state index contributed by atoms with van der Waals surface area (Å²) in [7, 11) is 0. The van der Waals surface area contributed by atoms with Crippen LogP contribution in [-0.2, 0) is 6.54 Å². The Kier molecular flexibility index (Phi) is 2.80. The van der Waals surface area contributed by atoms with E-state index in [4.69, 9.17) is 18.0 Å². The van der Waals surface area contributed by atoms with Crippen LogP contribution in [0.3, 0.4) is 0 Å². The molecule has 0 amide bonds. The molecule has 0 unspecified atom stereocenters. The number of imidazole rings is 1. The molecule has 0 saturated heterocycles. The number of aromatic nitrogens is 3. The zero-order chi connectivity index (χ0) is 14.4. The van der Waals surface area contributed by atoms with Crippen molar-refractivity contribution in [3.63, 3.8) is 0 Å². The van der Waals surface area contributed by atoms with Crippen LogP contribution in [0.1, 0.15) is 11.3 Å². The van der Waals surface area contributed by atoms with Crippen LogP contribution in [0.4, 0.5) is 0 Å². The summed E-state index contributed by atoms with van der Waals surface area (Å²) >= 11 is 6.75. The summed E-state index contributed by atoms with van der Waals surface area (Å²) in [5.41, 5.74) is 8.87. The van der Waals surface area contributed by atoms with E-state index in [0.29, 0.717) is 4.99 Å². The van der Waals surface area contributed by atoms with Gasteiger partial charge >= 0.3 is 0 Å². The van der Waals surface area contributed by atoms with Gasteiger partial charge in [-0.25, -0.2) is 4.98 Å². The van der Waals surface area contributed by atoms with Crippen molar-refractivity contribution in [3.05, 3.63) is 59.5 Å². The molecule has 0 spiro atoms. The number of hydrogen-bond acceptors (Lipinski definition) is 3. The van der Waals surface area contributed by atoms with E-state index in [1.165, 1.54) is 0 Å². The maximum Gasteiger partial charge on any atom is 0.193 e. The standard InChI is InChI=1S/C15H12N4S2/c16-14(20)12-2-1-3-13-11(12)4-5-18(13)8-10-9-19-6-7-21-15(19)17-10/h1-7,9H,8H2,(H2,16,20). The van der Waals surface area contributed by atoms with Gasteiger partial charge in [0.2, 0.25) is 0 Å². The average Bonchev–Trinajstić information content (AvgIpc) is 3.13. The van der Waals surface area contributed by atoms with Crippen molar-refractivity contribution in [1.82, 2.24) is 14.0 Å². The summed E-state index contributed by atoms with van der Waals surface area (Å²) in [4.78, 5) is 6.07. The third-order valence-electron chi connectivity index (χ3n) is 3.55. The van der Waals surface area contributed by atoms with Crippen molar-refractivity contribution in [1.29, 1.82) is 0 Å². The van der Waals surface area contributed by atoms with Crippen LogP contribution in [-0.4, -0.2) is 18.9 Å². The summed E-state index contributed by atoms with van der Waals surface area (Å²) in [6, 6.07) is 8.08. The number of thiazole rings is 1. The Balaban J connectivity index is 1.78. The Morgan fingerprint density at radius 1 is 1.29 bits per heavy atom. The Morgan fingerprint density at radius 2 is 2.19 bits per heavy atom. The first-order valence-electron chi connectivity index (χ1n) is 6.51. The van der Waals surface area contributed by atoms with Gasteiger partial charge in [0.15, 0.2) is 4.96 Å². The maximum atomic E-state index is 5.79. The van der Waals surface area contributed by atoms with E-state index in [2.05, 4.69) is 34.1 Å². The molecule has 4 rings (SSSR count). The van der Waals surface area contributed by atoms with Crippen molar-refractivity contribution in [2.75, 3.05) is 0 Å². The van der Waals surface area contributed by atoms with Crippen LogP contribution in [0.2, 0.25) is 0 Å². The fraction of sp³-hybridized carbons (Fsp3) is 0.0667. The molecule has 0 fully saturated rings. The van der Waals surface area contributed by atoms with Crippen molar-refractivity contribution in [2.45, 2.75) is 6.54 Å². The van der Waals surface area contributed by atoms with Crippen molar-refractivity contribution < 1.29 is 0 Å². The normalized spacial score (nSPS) is 11.4. The molecule has 3 heterocycles. The molecule has 3 aromatic heterocycles. The van der Waals surface area contributed by atoms with Gasteiger partial charge in [0.25, 0.3) is 0 Å². The van der Waals surface area contributed by atoms with Crippen LogP contribution >= 0.6 is 23.6 Å². The predicted molar refractivity (Wildman–Crippen MR) is 90.0 cm³/mol. The minimum Gasteiger partial charge on any atom is -0.389 e. The van der Waals surface area contributed by atoms with Gasteiger partial charge in [-0.15, -0.1) is 11.3 Å². The van der Waals surface area contributed by atoms with Crippen molar-refractivity contribution >= 4 is 44.4 Å². The zero-order valence-electron chi connectivity index (χ0n) is 11.1. The molecule has 21 heavy (non-hydrogen) atoms. The van der Waals surface area contributed by atoms with Gasteiger partial charge in [0, 0.05) is 40.4 Å². The van der Waals surface area contributed by atoms with E-state index in [1.807, 2.05) is 28.1 Å². The lowest BCUT2D eigenvalue weighted by molar-refractivity contribution is 0.815. The molecule has 0 radical (unpaired) electrons. The molecule has 0 bridgehead atoms. The van der Waals surface area contributed by atoms with Gasteiger partial charge in [-0.1, -0.05) is 24.4 Å². The molecule has 0 aliphatic heterocycles. The number of nitrogens with two attached hydrogens (primary N) is 1. The summed E-state index contributed by atoms with van der Waals surface area (Å²) in [5.74, 6) is 0. The van der Waals surface area contributed by atoms with Gasteiger partial charge in [-0.05, 0) is 12.1 Å². The lowest BCUT2D eigenvalue weighted by Gasteiger charge is -2.05. The molecular formula is C15H12N4S2. The van der Waals surface area contributed by atoms with Crippen LogP contribution in [0.5, 0.6) is 0 Å². The molecule has 4 aromatic rings. The second kappa shape index (κ2) is 4.68. The largest absolute Gasteiger partial charge is 0.389 e. The molecule has 0 atom stereocenters. The third kappa shape index (κ3) is 2.03. The van der Waals surface area contributed by atoms with E-state index >= 15 is 0 Å². The molecule has 104 valence electrons. The van der Waals surface area contributed by atoms with E-state index in [1.54, 1.807) is 11.3 Å². The SMILES string of the molecule is NC(=S)c1cccc2c1ccn2Cc1cn2ccsc2n1. The molecule has 4 nitrogen and oxygen atoms in total. The first-order chi connectivity index (χ1) is 10.2. The Morgan fingerprint density at radius 3 is 3.00 bits per heavy atom. The second-order valence-corrected chi connectivity index (χ2v) is 6.18. The van der Waals surface area contributed by atoms with E-state index < -0.39 is 0 Å². The smallest absolute Gasteiger partial charge is 0.193 e. The Bertz CT molecular complexity index is 932. The topological polar surface area (TPSA) is 48.2 Å². The highest BCUT2D eigenvalue weighted by molar-refractivity contribution is 7.80. The zero-order valence-corrected chi connectivity index (χ0v) is 12.7. The molecule has 1 aromatic carbocycles. The van der Waals surface area contributed by atoms with Crippen molar-refractivity contribution in [3.8, 4) is 0 Å². The monoisotopic (exact) mass is 312 g/mol. The first-order valence-corrected chi connectivity index (χ1v) is 7.80. The Hall–Kier alpha value is -2.18. The highest BCUT2D eigenvalue weighted by Crippen LogP contribution is 2.21. The van der Waals surface area contributed by atoms with Crippen LogP contribution in [0.15, 0.2) is 48.2 Å². The van der Waals surface area contributed by atoms with Crippen molar-refractivity contribution in [2.24, 2.45) is 5.73 Å². The summed E-state index contributed by atoms with van der Waals surface area (Å²) < 4.78 is 4.22. The fourth-order valence-electron chi connectivity index (χ4n) is 2.60. The van der Waals surface area contributed by atoms with Gasteiger partial charge in [0.05, 0.1) is 12.2 Å². The second-order valence-electron chi connectivity index (χ2n) is 4.87. The molecule has 0 aliphatic carbocycles. The minimum absolute atomic E-state index is 0.431. The van der Waals surface area contributed by atoms with Gasteiger partial charge in [0.1, 0.15) is 4.99 Å². The molecular weight excluding hydrogens is 300 g/mol. The number of hydrogen-bond donors (Lipinski definition) is 1. The van der Waals surface area contributed by atoms with Crippen LogP contribution in [0.25, 0.3) is 15.9 Å². The molecule has 2 N–H and O–H groups in total. The quantitative estimate of drug-likeness (QED) is 0.592. The maximum absolute atomic E-state index is 5.79. The van der Waals surface area contributed by atoms with E-state index in [9.17, 15) is 0 Å². The van der Waals surface area contributed by atoms with Gasteiger partial charge in [-0.2, -0.15) is 0 Å². The van der Waals surface area contributed by atoms with Crippen LogP contribution in [0, 0.1) is 0 Å². The summed E-state index contributed by atoms with van der Waals surface area (Å²) in [5, 5.41) is 3.12. The first kappa shape index (κ1) is 12.6. The van der Waals surface area contributed by atoms with E-state index in [-0.39, 0.29) is 0 Å².